The van der Waals surface area contributed by atoms with Crippen LogP contribution in [0.25, 0.3) is 0 Å². The minimum absolute atomic E-state index is 0.0715. The van der Waals surface area contributed by atoms with E-state index in [-0.39, 0.29) is 17.6 Å². The second kappa shape index (κ2) is 4.62. The zero-order valence-electron chi connectivity index (χ0n) is 9.53. The van der Waals surface area contributed by atoms with Gasteiger partial charge < -0.3 is 15.6 Å². The molecule has 0 aromatic heterocycles. The fraction of sp³-hybridized carbons (Fsp3) is 0.500. The summed E-state index contributed by atoms with van der Waals surface area (Å²) in [4.78, 5) is 34.4. The van der Waals surface area contributed by atoms with Gasteiger partial charge in [0.1, 0.15) is 23.7 Å². The molecule has 3 unspecified atom stereocenters. The molecule has 3 atom stereocenters. The Kier molecular flexibility index (Phi) is 3.31. The number of amides is 1. The van der Waals surface area contributed by atoms with Crippen LogP contribution in [0.2, 0.25) is 0 Å². The Morgan fingerprint density at radius 2 is 2.28 bits per heavy atom. The van der Waals surface area contributed by atoms with Gasteiger partial charge in [0.2, 0.25) is 5.91 Å². The Morgan fingerprint density at radius 1 is 1.61 bits per heavy atom. The van der Waals surface area contributed by atoms with Crippen molar-refractivity contribution in [3.05, 3.63) is 11.8 Å². The minimum atomic E-state index is -1.19. The zero-order valence-corrected chi connectivity index (χ0v) is 10.3. The molecule has 0 aromatic carbocycles. The number of carboxylic acid groups (broad SMARTS) is 1. The molecule has 8 heteroatoms. The van der Waals surface area contributed by atoms with E-state index in [1.54, 1.807) is 0 Å². The van der Waals surface area contributed by atoms with Gasteiger partial charge >= 0.3 is 11.9 Å². The van der Waals surface area contributed by atoms with Gasteiger partial charge in [-0.2, -0.15) is 0 Å². The predicted octanol–water partition coefficient (Wildman–Crippen LogP) is -0.871. The highest BCUT2D eigenvalue weighted by Gasteiger charge is 2.51. The van der Waals surface area contributed by atoms with Crippen molar-refractivity contribution >= 4 is 29.6 Å². The largest absolute Gasteiger partial charge is 0.477 e. The fourth-order valence-corrected chi connectivity index (χ4v) is 3.16. The van der Waals surface area contributed by atoms with Crippen LogP contribution >= 0.6 is 11.8 Å². The Labute approximate surface area is 107 Å². The minimum Gasteiger partial charge on any atom is -0.477 e. The van der Waals surface area contributed by atoms with E-state index in [9.17, 15) is 14.4 Å². The van der Waals surface area contributed by atoms with Gasteiger partial charge in [-0.3, -0.25) is 14.5 Å². The molecule has 3 N–H and O–H groups in total. The van der Waals surface area contributed by atoms with E-state index in [0.717, 1.165) is 0 Å². The molecule has 0 bridgehead atoms. The normalized spacial score (nSPS) is 30.1. The summed E-state index contributed by atoms with van der Waals surface area (Å²) in [6, 6.07) is -0.696. The first-order valence-electron chi connectivity index (χ1n) is 5.24. The van der Waals surface area contributed by atoms with E-state index in [0.29, 0.717) is 0 Å². The van der Waals surface area contributed by atoms with Crippen LogP contribution in [0.3, 0.4) is 0 Å². The first kappa shape index (κ1) is 12.9. The first-order valence-corrected chi connectivity index (χ1v) is 6.18. The third-order valence-electron chi connectivity index (χ3n) is 2.67. The van der Waals surface area contributed by atoms with Crippen LogP contribution in [0.5, 0.6) is 0 Å². The summed E-state index contributed by atoms with van der Waals surface area (Å²) in [5.74, 6) is -2.02. The standard InChI is InChI=1S/C10H12N2O5S/c1-4(13)17-3-5-2-6(10(15)16)12-8(14)7(11)9(12)18-5/h2,5,7,9H,3,11H2,1H3,(H,15,16). The summed E-state index contributed by atoms with van der Waals surface area (Å²) in [7, 11) is 0. The number of nitrogens with zero attached hydrogens (tertiary/aromatic N) is 1. The first-order chi connectivity index (χ1) is 8.41. The van der Waals surface area contributed by atoms with Crippen molar-refractivity contribution in [2.24, 2.45) is 5.73 Å². The molecule has 0 aliphatic carbocycles. The van der Waals surface area contributed by atoms with Crippen LogP contribution in [-0.4, -0.2) is 51.1 Å². The molecule has 98 valence electrons. The number of carbonyl (C=O) groups excluding carboxylic acids is 2. The number of hydrogen-bond donors (Lipinski definition) is 2. The van der Waals surface area contributed by atoms with E-state index in [1.807, 2.05) is 0 Å². The third kappa shape index (κ3) is 2.08. The maximum Gasteiger partial charge on any atom is 0.352 e. The molecule has 2 heterocycles. The number of hydrogen-bond acceptors (Lipinski definition) is 6. The van der Waals surface area contributed by atoms with Gasteiger partial charge in [-0.05, 0) is 6.08 Å². The number of nitrogens with two attached hydrogens (primary N) is 1. The maximum absolute atomic E-state index is 11.5. The van der Waals surface area contributed by atoms with Crippen molar-refractivity contribution in [1.29, 1.82) is 0 Å². The van der Waals surface area contributed by atoms with Crippen molar-refractivity contribution in [2.75, 3.05) is 6.61 Å². The van der Waals surface area contributed by atoms with Gasteiger partial charge in [-0.15, -0.1) is 11.8 Å². The predicted molar refractivity (Wildman–Crippen MR) is 62.3 cm³/mol. The maximum atomic E-state index is 11.5. The Hall–Kier alpha value is -1.54. The summed E-state index contributed by atoms with van der Waals surface area (Å²) in [6.45, 7) is 1.35. The molecule has 1 fully saturated rings. The van der Waals surface area contributed by atoms with Gasteiger partial charge in [-0.1, -0.05) is 0 Å². The lowest BCUT2D eigenvalue weighted by Gasteiger charge is -2.48. The molecule has 1 saturated heterocycles. The summed E-state index contributed by atoms with van der Waals surface area (Å²) in [5.41, 5.74) is 5.52. The zero-order chi connectivity index (χ0) is 13.4. The van der Waals surface area contributed by atoms with E-state index < -0.39 is 29.3 Å². The van der Waals surface area contributed by atoms with Crippen molar-refractivity contribution in [3.8, 4) is 0 Å². The third-order valence-corrected chi connectivity index (χ3v) is 4.08. The highest BCUT2D eigenvalue weighted by atomic mass is 32.2. The number of rotatable bonds is 3. The summed E-state index contributed by atoms with van der Waals surface area (Å²) < 4.78 is 4.84. The smallest absolute Gasteiger partial charge is 0.352 e. The lowest BCUT2D eigenvalue weighted by atomic mass is 10.1. The van der Waals surface area contributed by atoms with Crippen LogP contribution in [0.4, 0.5) is 0 Å². The summed E-state index contributed by atoms with van der Waals surface area (Å²) in [5, 5.41) is 8.34. The molecule has 0 aromatic rings. The Morgan fingerprint density at radius 3 is 2.83 bits per heavy atom. The van der Waals surface area contributed by atoms with E-state index in [1.165, 1.54) is 29.7 Å². The number of ether oxygens (including phenoxy) is 1. The van der Waals surface area contributed by atoms with E-state index in [4.69, 9.17) is 15.6 Å². The number of carbonyl (C=O) groups is 3. The molecular weight excluding hydrogens is 260 g/mol. The second-order valence-corrected chi connectivity index (χ2v) is 5.32. The Balaban J connectivity index is 2.16. The van der Waals surface area contributed by atoms with Crippen LogP contribution in [0.15, 0.2) is 11.8 Å². The van der Waals surface area contributed by atoms with Gasteiger partial charge in [0.15, 0.2) is 0 Å². The van der Waals surface area contributed by atoms with E-state index >= 15 is 0 Å². The number of β-lactam (4-membered cyclic amide) rings is 1. The number of aliphatic carboxylic acids is 1. The molecular formula is C10H12N2O5S. The lowest BCUT2D eigenvalue weighted by molar-refractivity contribution is -0.148. The number of fused-ring (bicyclic) bond motifs is 1. The molecule has 2 aliphatic heterocycles. The lowest BCUT2D eigenvalue weighted by Crippen LogP contribution is -2.68. The number of esters is 1. The van der Waals surface area contributed by atoms with Gasteiger partial charge in [0, 0.05) is 6.92 Å². The van der Waals surface area contributed by atoms with Crippen molar-refractivity contribution in [2.45, 2.75) is 23.6 Å². The number of thioether (sulfide) groups is 1. The quantitative estimate of drug-likeness (QED) is 0.507. The molecule has 2 rings (SSSR count). The van der Waals surface area contributed by atoms with Crippen LogP contribution in [0, 0.1) is 0 Å². The van der Waals surface area contributed by atoms with Crippen molar-refractivity contribution < 1.29 is 24.2 Å². The van der Waals surface area contributed by atoms with Crippen LogP contribution in [0.1, 0.15) is 6.92 Å². The van der Waals surface area contributed by atoms with Gasteiger partial charge in [0.05, 0.1) is 5.25 Å². The highest BCUT2D eigenvalue weighted by molar-refractivity contribution is 8.00. The average molecular weight is 272 g/mol. The molecule has 2 aliphatic rings. The number of carboxylic acids is 1. The molecule has 7 nitrogen and oxygen atoms in total. The molecule has 0 saturated carbocycles. The fourth-order valence-electron chi connectivity index (χ4n) is 1.82. The highest BCUT2D eigenvalue weighted by Crippen LogP contribution is 2.40. The average Bonchev–Trinajstić information content (AvgIpc) is 2.33. The second-order valence-electron chi connectivity index (χ2n) is 3.96. The van der Waals surface area contributed by atoms with E-state index in [2.05, 4.69) is 0 Å². The molecule has 18 heavy (non-hydrogen) atoms. The SMILES string of the molecule is CC(=O)OCC1C=C(C(=O)O)N2C(=O)C(N)C2S1. The molecule has 0 spiro atoms. The van der Waals surface area contributed by atoms with Crippen LogP contribution in [-0.2, 0) is 19.1 Å². The van der Waals surface area contributed by atoms with Crippen molar-refractivity contribution in [3.63, 3.8) is 0 Å². The molecule has 1 amide bonds. The van der Waals surface area contributed by atoms with Gasteiger partial charge in [-0.25, -0.2) is 4.79 Å². The molecule has 0 radical (unpaired) electrons. The monoisotopic (exact) mass is 272 g/mol. The summed E-state index contributed by atoms with van der Waals surface area (Å²) in [6.07, 6.45) is 1.41. The van der Waals surface area contributed by atoms with Crippen molar-refractivity contribution in [1.82, 2.24) is 4.90 Å². The van der Waals surface area contributed by atoms with Crippen LogP contribution < -0.4 is 5.73 Å². The Bertz CT molecular complexity index is 450. The van der Waals surface area contributed by atoms with Gasteiger partial charge in [0.25, 0.3) is 0 Å². The topological polar surface area (TPSA) is 110 Å². The summed E-state index contributed by atoms with van der Waals surface area (Å²) >= 11 is 1.32.